The number of rotatable bonds is 2. The highest BCUT2D eigenvalue weighted by Gasteiger charge is 2.36. The van der Waals surface area contributed by atoms with Crippen molar-refractivity contribution >= 4 is 34.8 Å². The number of amides is 1. The molecular formula is C9H12ClF3N4OS. The van der Waals surface area contributed by atoms with E-state index in [1.807, 2.05) is 0 Å². The van der Waals surface area contributed by atoms with E-state index in [2.05, 4.69) is 20.8 Å². The lowest BCUT2D eigenvalue weighted by atomic mass is 10.0. The number of carbonyl (C=O) groups excluding carboxylic acids is 1. The zero-order valence-electron chi connectivity index (χ0n) is 9.66. The van der Waals surface area contributed by atoms with Gasteiger partial charge < -0.3 is 5.32 Å². The Morgan fingerprint density at radius 2 is 2.11 bits per heavy atom. The molecule has 19 heavy (non-hydrogen) atoms. The number of nitrogens with one attached hydrogen (secondary N) is 2. The molecule has 1 aliphatic rings. The van der Waals surface area contributed by atoms with Crippen molar-refractivity contribution < 1.29 is 18.0 Å². The molecule has 1 unspecified atom stereocenters. The number of alkyl halides is 3. The van der Waals surface area contributed by atoms with Gasteiger partial charge in [0.25, 0.3) is 0 Å². The second-order valence-electron chi connectivity index (χ2n) is 3.90. The van der Waals surface area contributed by atoms with Crippen LogP contribution in [-0.4, -0.2) is 28.7 Å². The first-order valence-electron chi connectivity index (χ1n) is 5.42. The molecule has 0 aliphatic carbocycles. The Labute approximate surface area is 117 Å². The monoisotopic (exact) mass is 316 g/mol. The van der Waals surface area contributed by atoms with Gasteiger partial charge in [0.2, 0.25) is 16.0 Å². The molecule has 0 radical (unpaired) electrons. The van der Waals surface area contributed by atoms with Gasteiger partial charge in [-0.15, -0.1) is 22.6 Å². The highest BCUT2D eigenvalue weighted by atomic mass is 35.5. The quantitative estimate of drug-likeness (QED) is 0.876. The molecule has 1 fully saturated rings. The van der Waals surface area contributed by atoms with Crippen molar-refractivity contribution in [2.75, 3.05) is 11.9 Å². The van der Waals surface area contributed by atoms with Crippen LogP contribution >= 0.6 is 23.7 Å². The molecule has 2 heterocycles. The van der Waals surface area contributed by atoms with Crippen LogP contribution in [0.3, 0.4) is 0 Å². The van der Waals surface area contributed by atoms with E-state index in [9.17, 15) is 18.0 Å². The molecule has 1 atom stereocenters. The number of hydrogen-bond donors (Lipinski definition) is 2. The van der Waals surface area contributed by atoms with Gasteiger partial charge in [0, 0.05) is 0 Å². The number of anilines is 1. The van der Waals surface area contributed by atoms with E-state index < -0.39 is 11.2 Å². The van der Waals surface area contributed by atoms with Crippen LogP contribution in [-0.2, 0) is 11.0 Å². The maximum atomic E-state index is 12.3. The molecule has 0 aromatic carbocycles. The highest BCUT2D eigenvalue weighted by molar-refractivity contribution is 7.15. The molecule has 108 valence electrons. The second kappa shape index (κ2) is 6.49. The zero-order valence-corrected chi connectivity index (χ0v) is 11.3. The third-order valence-electron chi connectivity index (χ3n) is 2.52. The summed E-state index contributed by atoms with van der Waals surface area (Å²) in [6.07, 6.45) is -1.92. The number of carbonyl (C=O) groups is 1. The number of nitrogens with zero attached hydrogens (tertiary/aromatic N) is 2. The summed E-state index contributed by atoms with van der Waals surface area (Å²) in [4.78, 5) is 11.7. The van der Waals surface area contributed by atoms with E-state index in [1.165, 1.54) is 0 Å². The second-order valence-corrected chi connectivity index (χ2v) is 4.88. The van der Waals surface area contributed by atoms with E-state index in [0.717, 1.165) is 19.4 Å². The third-order valence-corrected chi connectivity index (χ3v) is 3.41. The van der Waals surface area contributed by atoms with Crippen LogP contribution in [0.1, 0.15) is 24.3 Å². The number of hydrogen-bond acceptors (Lipinski definition) is 5. The maximum Gasteiger partial charge on any atom is 0.445 e. The SMILES string of the molecule is Cl.O=C(Nc1nnc(C(F)(F)F)s1)C1CCCCN1. The van der Waals surface area contributed by atoms with Crippen molar-refractivity contribution in [1.82, 2.24) is 15.5 Å². The van der Waals surface area contributed by atoms with E-state index in [-0.39, 0.29) is 29.5 Å². The molecule has 0 bridgehead atoms. The Hall–Kier alpha value is -0.930. The minimum absolute atomic E-state index is 0. The molecule has 0 spiro atoms. The molecule has 5 nitrogen and oxygen atoms in total. The number of aromatic nitrogens is 2. The largest absolute Gasteiger partial charge is 0.445 e. The Morgan fingerprint density at radius 1 is 1.37 bits per heavy atom. The Morgan fingerprint density at radius 3 is 2.63 bits per heavy atom. The van der Waals surface area contributed by atoms with Gasteiger partial charge in [-0.1, -0.05) is 17.8 Å². The maximum absolute atomic E-state index is 12.3. The summed E-state index contributed by atoms with van der Waals surface area (Å²) in [6.45, 7) is 0.738. The fraction of sp³-hybridized carbons (Fsp3) is 0.667. The van der Waals surface area contributed by atoms with Gasteiger partial charge in [0.15, 0.2) is 0 Å². The molecule has 1 aromatic heterocycles. The fourth-order valence-corrected chi connectivity index (χ4v) is 2.27. The van der Waals surface area contributed by atoms with Gasteiger partial charge in [-0.05, 0) is 19.4 Å². The highest BCUT2D eigenvalue weighted by Crippen LogP contribution is 2.33. The smallest absolute Gasteiger partial charge is 0.306 e. The minimum Gasteiger partial charge on any atom is -0.306 e. The molecule has 1 aliphatic heterocycles. The average Bonchev–Trinajstić information content (AvgIpc) is 2.78. The van der Waals surface area contributed by atoms with Gasteiger partial charge in [0.05, 0.1) is 6.04 Å². The van der Waals surface area contributed by atoms with Crippen molar-refractivity contribution in [3.05, 3.63) is 5.01 Å². The van der Waals surface area contributed by atoms with Crippen LogP contribution in [0.4, 0.5) is 18.3 Å². The van der Waals surface area contributed by atoms with Crippen LogP contribution in [0.15, 0.2) is 0 Å². The molecule has 1 aromatic rings. The number of halogens is 4. The summed E-state index contributed by atoms with van der Waals surface area (Å²) in [5.41, 5.74) is 0. The third kappa shape index (κ3) is 4.29. The molecule has 1 saturated heterocycles. The summed E-state index contributed by atoms with van der Waals surface area (Å²) in [5, 5.41) is 10.5. The van der Waals surface area contributed by atoms with E-state index in [4.69, 9.17) is 0 Å². The first kappa shape index (κ1) is 16.1. The van der Waals surface area contributed by atoms with E-state index >= 15 is 0 Å². The van der Waals surface area contributed by atoms with Crippen molar-refractivity contribution in [2.45, 2.75) is 31.5 Å². The topological polar surface area (TPSA) is 66.9 Å². The summed E-state index contributed by atoms with van der Waals surface area (Å²) in [5.74, 6) is -0.362. The van der Waals surface area contributed by atoms with Gasteiger partial charge in [-0.25, -0.2) is 0 Å². The molecular weight excluding hydrogens is 305 g/mol. The number of piperidine rings is 1. The summed E-state index contributed by atoms with van der Waals surface area (Å²) >= 11 is 0.325. The first-order valence-corrected chi connectivity index (χ1v) is 6.23. The lowest BCUT2D eigenvalue weighted by molar-refractivity contribution is -0.138. The molecule has 1 amide bonds. The van der Waals surface area contributed by atoms with Crippen molar-refractivity contribution in [1.29, 1.82) is 0 Å². The zero-order chi connectivity index (χ0) is 13.2. The van der Waals surface area contributed by atoms with Gasteiger partial charge in [0.1, 0.15) is 0 Å². The van der Waals surface area contributed by atoms with Gasteiger partial charge >= 0.3 is 6.18 Å². The van der Waals surface area contributed by atoms with Crippen molar-refractivity contribution in [2.24, 2.45) is 0 Å². The van der Waals surface area contributed by atoms with Crippen molar-refractivity contribution in [3.8, 4) is 0 Å². The predicted molar refractivity (Wildman–Crippen MR) is 66.4 cm³/mol. The Kier molecular flexibility index (Phi) is 5.50. The van der Waals surface area contributed by atoms with Crippen LogP contribution in [0.25, 0.3) is 0 Å². The first-order chi connectivity index (χ1) is 8.47. The summed E-state index contributed by atoms with van der Waals surface area (Å²) in [7, 11) is 0. The molecule has 2 N–H and O–H groups in total. The molecule has 2 rings (SSSR count). The summed E-state index contributed by atoms with van der Waals surface area (Å²) in [6, 6.07) is -0.364. The molecule has 10 heteroatoms. The standard InChI is InChI=1S/C9H11F3N4OS.ClH/c10-9(11,12)7-15-16-8(18-7)14-6(17)5-3-1-2-4-13-5;/h5,13H,1-4H2,(H,14,16,17);1H. The summed E-state index contributed by atoms with van der Waals surface area (Å²) < 4.78 is 36.8. The minimum atomic E-state index is -4.52. The van der Waals surface area contributed by atoms with Gasteiger partial charge in [-0.2, -0.15) is 13.2 Å². The molecule has 0 saturated carbocycles. The lowest BCUT2D eigenvalue weighted by Crippen LogP contribution is -2.43. The van der Waals surface area contributed by atoms with Crippen molar-refractivity contribution in [3.63, 3.8) is 0 Å². The average molecular weight is 317 g/mol. The normalized spacial score (nSPS) is 19.6. The van der Waals surface area contributed by atoms with Gasteiger partial charge in [-0.3, -0.25) is 10.1 Å². The Bertz CT molecular complexity index is 433. The van der Waals surface area contributed by atoms with Crippen LogP contribution in [0.2, 0.25) is 0 Å². The fourth-order valence-electron chi connectivity index (χ4n) is 1.66. The Balaban J connectivity index is 0.00000180. The van der Waals surface area contributed by atoms with E-state index in [0.29, 0.717) is 17.8 Å². The van der Waals surface area contributed by atoms with E-state index in [1.54, 1.807) is 0 Å². The van der Waals surface area contributed by atoms with Crippen LogP contribution < -0.4 is 10.6 Å². The van der Waals surface area contributed by atoms with Crippen LogP contribution in [0, 0.1) is 0 Å². The predicted octanol–water partition coefficient (Wildman–Crippen LogP) is 2.06. The van der Waals surface area contributed by atoms with Crippen LogP contribution in [0.5, 0.6) is 0 Å². The lowest BCUT2D eigenvalue weighted by Gasteiger charge is -2.21.